The highest BCUT2D eigenvalue weighted by Crippen LogP contribution is 1.96. The second-order valence-corrected chi connectivity index (χ2v) is 3.14. The van der Waals surface area contributed by atoms with Crippen LogP contribution in [-0.4, -0.2) is 18.2 Å². The van der Waals surface area contributed by atoms with Crippen LogP contribution < -0.4 is 5.32 Å². The summed E-state index contributed by atoms with van der Waals surface area (Å²) >= 11 is 0. The van der Waals surface area contributed by atoms with Crippen molar-refractivity contribution in [2.24, 2.45) is 0 Å². The molecule has 0 aliphatic carbocycles. The first kappa shape index (κ1) is 21.2. The lowest BCUT2D eigenvalue weighted by molar-refractivity contribution is -0.123. The van der Waals surface area contributed by atoms with Gasteiger partial charge in [-0.3, -0.25) is 9.59 Å². The molecular formula is C14H29NO2. The van der Waals surface area contributed by atoms with Gasteiger partial charge in [0.2, 0.25) is 5.91 Å². The van der Waals surface area contributed by atoms with Gasteiger partial charge in [-0.25, -0.2) is 0 Å². The second-order valence-electron chi connectivity index (χ2n) is 3.14. The van der Waals surface area contributed by atoms with Gasteiger partial charge in [0.1, 0.15) is 0 Å². The molecule has 0 rings (SSSR count). The lowest BCUT2D eigenvalue weighted by Crippen LogP contribution is -2.22. The predicted molar refractivity (Wildman–Crippen MR) is 75.1 cm³/mol. The molecular weight excluding hydrogens is 214 g/mol. The van der Waals surface area contributed by atoms with Gasteiger partial charge < -0.3 is 5.32 Å². The van der Waals surface area contributed by atoms with Gasteiger partial charge in [-0.1, -0.05) is 33.3 Å². The summed E-state index contributed by atoms with van der Waals surface area (Å²) in [5.41, 5.74) is 0.973. The van der Waals surface area contributed by atoms with Crippen molar-refractivity contribution in [1.82, 2.24) is 5.32 Å². The molecule has 3 heteroatoms. The molecule has 0 atom stereocenters. The average molecular weight is 243 g/mol. The van der Waals surface area contributed by atoms with E-state index in [0.717, 1.165) is 5.57 Å². The molecule has 1 amide bonds. The van der Waals surface area contributed by atoms with Crippen molar-refractivity contribution in [3.05, 3.63) is 11.6 Å². The molecule has 0 aromatic heterocycles. The molecule has 17 heavy (non-hydrogen) atoms. The van der Waals surface area contributed by atoms with Crippen LogP contribution in [0.1, 0.15) is 61.3 Å². The first-order valence-corrected chi connectivity index (χ1v) is 6.50. The highest BCUT2D eigenvalue weighted by molar-refractivity contribution is 5.92. The van der Waals surface area contributed by atoms with E-state index in [0.29, 0.717) is 13.0 Å². The standard InChI is InChI=1S/C10H17NO2.2C2H6/c1-4-11-10(13)6-5-9(12)7-8(2)3;2*1-2/h7H,4-6H2,1-3H3,(H,11,13);2*1-2H3. The molecule has 0 saturated heterocycles. The van der Waals surface area contributed by atoms with Gasteiger partial charge in [0.05, 0.1) is 0 Å². The molecule has 0 bridgehead atoms. The number of rotatable bonds is 5. The zero-order chi connectivity index (χ0) is 14.3. The van der Waals surface area contributed by atoms with Gasteiger partial charge in [0.15, 0.2) is 5.78 Å². The van der Waals surface area contributed by atoms with Crippen LogP contribution in [0, 0.1) is 0 Å². The molecule has 0 saturated carbocycles. The quantitative estimate of drug-likeness (QED) is 0.751. The Hall–Kier alpha value is -1.12. The van der Waals surface area contributed by atoms with Crippen molar-refractivity contribution in [3.63, 3.8) is 0 Å². The van der Waals surface area contributed by atoms with E-state index < -0.39 is 0 Å². The topological polar surface area (TPSA) is 46.2 Å². The number of hydrogen-bond acceptors (Lipinski definition) is 2. The molecule has 0 unspecified atom stereocenters. The van der Waals surface area contributed by atoms with Crippen molar-refractivity contribution < 1.29 is 9.59 Å². The molecule has 3 nitrogen and oxygen atoms in total. The highest BCUT2D eigenvalue weighted by Gasteiger charge is 2.02. The molecule has 0 aromatic rings. The molecule has 0 aliphatic rings. The number of allylic oxidation sites excluding steroid dienone is 2. The number of carbonyl (C=O) groups excluding carboxylic acids is 2. The summed E-state index contributed by atoms with van der Waals surface area (Å²) in [7, 11) is 0. The number of amides is 1. The van der Waals surface area contributed by atoms with E-state index in [1.165, 1.54) is 0 Å². The monoisotopic (exact) mass is 243 g/mol. The lowest BCUT2D eigenvalue weighted by Gasteiger charge is -1.99. The van der Waals surface area contributed by atoms with E-state index in [2.05, 4.69) is 5.32 Å². The van der Waals surface area contributed by atoms with Crippen molar-refractivity contribution in [1.29, 1.82) is 0 Å². The predicted octanol–water partition coefficient (Wildman–Crippen LogP) is 3.49. The van der Waals surface area contributed by atoms with Crippen LogP contribution in [0.15, 0.2) is 11.6 Å². The van der Waals surface area contributed by atoms with Crippen LogP contribution in [0.5, 0.6) is 0 Å². The molecule has 1 N–H and O–H groups in total. The summed E-state index contributed by atoms with van der Waals surface area (Å²) in [4.78, 5) is 22.1. The third-order valence-electron chi connectivity index (χ3n) is 1.42. The summed E-state index contributed by atoms with van der Waals surface area (Å²) in [5.74, 6) is -0.0377. The van der Waals surface area contributed by atoms with Crippen LogP contribution in [0.25, 0.3) is 0 Å². The van der Waals surface area contributed by atoms with Crippen molar-refractivity contribution in [2.45, 2.75) is 61.3 Å². The van der Waals surface area contributed by atoms with E-state index in [9.17, 15) is 9.59 Å². The summed E-state index contributed by atoms with van der Waals surface area (Å²) in [5, 5.41) is 2.64. The lowest BCUT2D eigenvalue weighted by atomic mass is 10.1. The maximum absolute atomic E-state index is 11.1. The van der Waals surface area contributed by atoms with Crippen LogP contribution >= 0.6 is 0 Å². The summed E-state index contributed by atoms with van der Waals surface area (Å²) in [6, 6.07) is 0. The van der Waals surface area contributed by atoms with Crippen LogP contribution in [0.4, 0.5) is 0 Å². The Bertz CT molecular complexity index is 216. The molecule has 0 fully saturated rings. The Morgan fingerprint density at radius 1 is 1.00 bits per heavy atom. The first-order valence-electron chi connectivity index (χ1n) is 6.50. The summed E-state index contributed by atoms with van der Waals surface area (Å²) in [6.07, 6.45) is 2.16. The first-order chi connectivity index (χ1) is 8.06. The van der Waals surface area contributed by atoms with E-state index in [4.69, 9.17) is 0 Å². The molecule has 0 spiro atoms. The van der Waals surface area contributed by atoms with Crippen molar-refractivity contribution >= 4 is 11.7 Å². The Labute approximate surface area is 107 Å². The van der Waals surface area contributed by atoms with E-state index in [-0.39, 0.29) is 18.1 Å². The van der Waals surface area contributed by atoms with Gasteiger partial charge in [-0.15, -0.1) is 0 Å². The van der Waals surface area contributed by atoms with Gasteiger partial charge in [0, 0.05) is 19.4 Å². The average Bonchev–Trinajstić information content (AvgIpc) is 2.31. The van der Waals surface area contributed by atoms with E-state index in [1.54, 1.807) is 6.08 Å². The molecule has 0 aromatic carbocycles. The summed E-state index contributed by atoms with van der Waals surface area (Å²) in [6.45, 7) is 14.2. The van der Waals surface area contributed by atoms with Crippen molar-refractivity contribution in [2.75, 3.05) is 6.54 Å². The molecule has 0 radical (unpaired) electrons. The van der Waals surface area contributed by atoms with Crippen LogP contribution in [-0.2, 0) is 9.59 Å². The third-order valence-corrected chi connectivity index (χ3v) is 1.42. The van der Waals surface area contributed by atoms with Gasteiger partial charge >= 0.3 is 0 Å². The van der Waals surface area contributed by atoms with E-state index in [1.807, 2.05) is 48.5 Å². The minimum absolute atomic E-state index is 0.0197. The number of carbonyl (C=O) groups is 2. The number of ketones is 1. The Morgan fingerprint density at radius 2 is 1.47 bits per heavy atom. The second kappa shape index (κ2) is 17.3. The normalized spacial score (nSPS) is 7.71. The van der Waals surface area contributed by atoms with E-state index >= 15 is 0 Å². The maximum Gasteiger partial charge on any atom is 0.220 e. The minimum atomic E-state index is -0.0574. The zero-order valence-corrected chi connectivity index (χ0v) is 12.5. The largest absolute Gasteiger partial charge is 0.356 e. The zero-order valence-electron chi connectivity index (χ0n) is 12.5. The smallest absolute Gasteiger partial charge is 0.220 e. The fourth-order valence-electron chi connectivity index (χ4n) is 0.916. The number of nitrogens with one attached hydrogen (secondary N) is 1. The fraction of sp³-hybridized carbons (Fsp3) is 0.714. The van der Waals surface area contributed by atoms with Gasteiger partial charge in [-0.05, 0) is 26.8 Å². The molecule has 102 valence electrons. The van der Waals surface area contributed by atoms with Gasteiger partial charge in [0.25, 0.3) is 0 Å². The van der Waals surface area contributed by atoms with Crippen LogP contribution in [0.3, 0.4) is 0 Å². The molecule has 0 heterocycles. The molecule has 0 aliphatic heterocycles. The Morgan fingerprint density at radius 3 is 1.82 bits per heavy atom. The summed E-state index contributed by atoms with van der Waals surface area (Å²) < 4.78 is 0. The van der Waals surface area contributed by atoms with Gasteiger partial charge in [-0.2, -0.15) is 0 Å². The maximum atomic E-state index is 11.1. The Kier molecular flexibility index (Phi) is 21.5. The Balaban J connectivity index is -0.000000439. The van der Waals surface area contributed by atoms with Crippen LogP contribution in [0.2, 0.25) is 0 Å². The number of hydrogen-bond donors (Lipinski definition) is 1. The van der Waals surface area contributed by atoms with Crippen molar-refractivity contribution in [3.8, 4) is 0 Å². The fourth-order valence-corrected chi connectivity index (χ4v) is 0.916. The minimum Gasteiger partial charge on any atom is -0.356 e. The SMILES string of the molecule is CC.CC.CCNC(=O)CCC(=O)C=C(C)C. The third kappa shape index (κ3) is 20.9. The highest BCUT2D eigenvalue weighted by atomic mass is 16.2.